The molecule has 1 atom stereocenters. The highest BCUT2D eigenvalue weighted by atomic mass is 32.2. The summed E-state index contributed by atoms with van der Waals surface area (Å²) in [5.74, 6) is 0.607. The van der Waals surface area contributed by atoms with Crippen LogP contribution in [-0.4, -0.2) is 45.0 Å². The van der Waals surface area contributed by atoms with E-state index >= 15 is 0 Å². The van der Waals surface area contributed by atoms with Gasteiger partial charge in [0, 0.05) is 31.3 Å². The first-order valence-electron chi connectivity index (χ1n) is 8.45. The van der Waals surface area contributed by atoms with Crippen LogP contribution in [0, 0.1) is 11.3 Å². The Hall–Kier alpha value is -2.27. The Morgan fingerprint density at radius 3 is 2.72 bits per heavy atom. The van der Waals surface area contributed by atoms with Crippen LogP contribution < -0.4 is 10.2 Å². The SMILES string of the molecule is N#C/C(=C\c1ccc(N2CCCCC2)o1)C(=O)N[C@H]1CCS(=O)(=O)C1. The summed E-state index contributed by atoms with van der Waals surface area (Å²) >= 11 is 0. The smallest absolute Gasteiger partial charge is 0.262 e. The van der Waals surface area contributed by atoms with E-state index < -0.39 is 21.8 Å². The van der Waals surface area contributed by atoms with Crippen LogP contribution in [0.3, 0.4) is 0 Å². The lowest BCUT2D eigenvalue weighted by atomic mass is 10.1. The van der Waals surface area contributed by atoms with Gasteiger partial charge in [-0.15, -0.1) is 0 Å². The van der Waals surface area contributed by atoms with Crippen molar-refractivity contribution >= 4 is 27.7 Å². The van der Waals surface area contributed by atoms with Gasteiger partial charge in [0.25, 0.3) is 5.91 Å². The van der Waals surface area contributed by atoms with E-state index in [1.165, 1.54) is 12.5 Å². The number of carbonyl (C=O) groups is 1. The Labute approximate surface area is 147 Å². The lowest BCUT2D eigenvalue weighted by Crippen LogP contribution is -2.36. The number of piperidine rings is 1. The van der Waals surface area contributed by atoms with Crippen molar-refractivity contribution in [3.63, 3.8) is 0 Å². The van der Waals surface area contributed by atoms with E-state index in [9.17, 15) is 18.5 Å². The quantitative estimate of drug-likeness (QED) is 0.642. The number of rotatable bonds is 4. The molecule has 0 aliphatic carbocycles. The minimum absolute atomic E-state index is 0.0704. The molecule has 7 nitrogen and oxygen atoms in total. The molecule has 0 spiro atoms. The van der Waals surface area contributed by atoms with Gasteiger partial charge in [0.1, 0.15) is 17.4 Å². The average molecular weight is 363 g/mol. The Bertz CT molecular complexity index is 813. The van der Waals surface area contributed by atoms with Crippen molar-refractivity contribution in [2.75, 3.05) is 29.5 Å². The second kappa shape index (κ2) is 7.31. The topological polar surface area (TPSA) is 103 Å². The number of carbonyl (C=O) groups excluding carboxylic acids is 1. The van der Waals surface area contributed by atoms with Crippen LogP contribution in [0.4, 0.5) is 5.88 Å². The number of hydrogen-bond acceptors (Lipinski definition) is 6. The fourth-order valence-electron chi connectivity index (χ4n) is 3.17. The van der Waals surface area contributed by atoms with Crippen LogP contribution in [0.5, 0.6) is 0 Å². The normalized spacial score (nSPS) is 23.2. The van der Waals surface area contributed by atoms with E-state index in [0.29, 0.717) is 12.2 Å². The van der Waals surface area contributed by atoms with E-state index in [4.69, 9.17) is 4.42 Å². The zero-order chi connectivity index (χ0) is 17.9. The molecule has 0 unspecified atom stereocenters. The van der Waals surface area contributed by atoms with Gasteiger partial charge in [-0.05, 0) is 31.7 Å². The molecule has 25 heavy (non-hydrogen) atoms. The minimum Gasteiger partial charge on any atom is -0.441 e. The standard InChI is InChI=1S/C17H21N3O4S/c18-11-13(17(21)19-14-6-9-25(22,23)12-14)10-15-4-5-16(24-15)20-7-2-1-3-8-20/h4-5,10,14H,1-3,6-9,12H2,(H,19,21)/b13-10+/t14-/m0/s1. The molecule has 1 aromatic rings. The van der Waals surface area contributed by atoms with Crippen molar-refractivity contribution in [3.05, 3.63) is 23.5 Å². The van der Waals surface area contributed by atoms with E-state index in [1.807, 2.05) is 12.1 Å². The average Bonchev–Trinajstić information content (AvgIpc) is 3.19. The van der Waals surface area contributed by atoms with Crippen LogP contribution in [0.1, 0.15) is 31.4 Å². The lowest BCUT2D eigenvalue weighted by Gasteiger charge is -2.25. The van der Waals surface area contributed by atoms with E-state index in [2.05, 4.69) is 10.2 Å². The van der Waals surface area contributed by atoms with Gasteiger partial charge in [0.15, 0.2) is 15.7 Å². The predicted molar refractivity (Wildman–Crippen MR) is 93.6 cm³/mol. The molecule has 1 amide bonds. The highest BCUT2D eigenvalue weighted by Crippen LogP contribution is 2.24. The molecule has 0 bridgehead atoms. The summed E-state index contributed by atoms with van der Waals surface area (Å²) in [4.78, 5) is 14.4. The first kappa shape index (κ1) is 17.5. The summed E-state index contributed by atoms with van der Waals surface area (Å²) in [6, 6.07) is 5.00. The van der Waals surface area contributed by atoms with Crippen molar-refractivity contribution < 1.29 is 17.6 Å². The van der Waals surface area contributed by atoms with Gasteiger partial charge in [-0.2, -0.15) is 5.26 Å². The maximum absolute atomic E-state index is 12.2. The van der Waals surface area contributed by atoms with Gasteiger partial charge in [-0.25, -0.2) is 8.42 Å². The van der Waals surface area contributed by atoms with Gasteiger partial charge in [0.2, 0.25) is 0 Å². The van der Waals surface area contributed by atoms with Crippen LogP contribution in [-0.2, 0) is 14.6 Å². The summed E-state index contributed by atoms with van der Waals surface area (Å²) < 4.78 is 28.6. The third-order valence-corrected chi connectivity index (χ3v) is 6.27. The third-order valence-electron chi connectivity index (χ3n) is 4.50. The number of nitrogens with one attached hydrogen (secondary N) is 1. The number of anilines is 1. The Morgan fingerprint density at radius 2 is 2.08 bits per heavy atom. The molecule has 0 radical (unpaired) electrons. The molecular weight excluding hydrogens is 342 g/mol. The summed E-state index contributed by atoms with van der Waals surface area (Å²) in [7, 11) is -3.08. The molecule has 2 fully saturated rings. The number of sulfone groups is 1. The monoisotopic (exact) mass is 363 g/mol. The maximum Gasteiger partial charge on any atom is 0.262 e. The molecule has 2 aliphatic heterocycles. The largest absolute Gasteiger partial charge is 0.441 e. The lowest BCUT2D eigenvalue weighted by molar-refractivity contribution is -0.117. The molecule has 134 valence electrons. The van der Waals surface area contributed by atoms with Crippen molar-refractivity contribution in [3.8, 4) is 6.07 Å². The summed E-state index contributed by atoms with van der Waals surface area (Å²) in [5, 5.41) is 11.9. The van der Waals surface area contributed by atoms with Crippen LogP contribution >= 0.6 is 0 Å². The van der Waals surface area contributed by atoms with Crippen LogP contribution in [0.15, 0.2) is 22.1 Å². The van der Waals surface area contributed by atoms with E-state index in [0.717, 1.165) is 31.8 Å². The number of hydrogen-bond donors (Lipinski definition) is 1. The zero-order valence-corrected chi connectivity index (χ0v) is 14.7. The first-order chi connectivity index (χ1) is 12.0. The van der Waals surface area contributed by atoms with Crippen LogP contribution in [0.2, 0.25) is 0 Å². The Morgan fingerprint density at radius 1 is 1.32 bits per heavy atom. The third kappa shape index (κ3) is 4.42. The second-order valence-electron chi connectivity index (χ2n) is 6.47. The van der Waals surface area contributed by atoms with Crippen molar-refractivity contribution in [1.29, 1.82) is 5.26 Å². The van der Waals surface area contributed by atoms with Gasteiger partial charge < -0.3 is 14.6 Å². The molecule has 3 heterocycles. The fourth-order valence-corrected chi connectivity index (χ4v) is 4.84. The molecule has 2 aliphatic rings. The predicted octanol–water partition coefficient (Wildman–Crippen LogP) is 1.48. The van der Waals surface area contributed by atoms with Gasteiger partial charge in [0.05, 0.1) is 11.5 Å². The molecular formula is C17H21N3O4S. The summed E-state index contributed by atoms with van der Waals surface area (Å²) in [6.07, 6.45) is 5.25. The molecule has 1 aromatic heterocycles. The maximum atomic E-state index is 12.2. The molecule has 8 heteroatoms. The fraction of sp³-hybridized carbons (Fsp3) is 0.529. The molecule has 2 saturated heterocycles. The number of nitrogens with zero attached hydrogens (tertiary/aromatic N) is 2. The Kier molecular flexibility index (Phi) is 5.13. The van der Waals surface area contributed by atoms with E-state index in [-0.39, 0.29) is 17.1 Å². The van der Waals surface area contributed by atoms with E-state index in [1.54, 1.807) is 6.07 Å². The number of nitriles is 1. The van der Waals surface area contributed by atoms with Gasteiger partial charge in [-0.1, -0.05) is 0 Å². The van der Waals surface area contributed by atoms with Crippen LogP contribution in [0.25, 0.3) is 6.08 Å². The summed E-state index contributed by atoms with van der Waals surface area (Å²) in [5.41, 5.74) is -0.0937. The molecule has 1 N–H and O–H groups in total. The van der Waals surface area contributed by atoms with Crippen molar-refractivity contribution in [2.45, 2.75) is 31.7 Å². The van der Waals surface area contributed by atoms with Crippen molar-refractivity contribution in [1.82, 2.24) is 5.32 Å². The molecule has 3 rings (SSSR count). The highest BCUT2D eigenvalue weighted by Gasteiger charge is 2.29. The highest BCUT2D eigenvalue weighted by molar-refractivity contribution is 7.91. The minimum atomic E-state index is -3.08. The number of amides is 1. The first-order valence-corrected chi connectivity index (χ1v) is 10.3. The molecule has 0 aromatic carbocycles. The van der Waals surface area contributed by atoms with Crippen molar-refractivity contribution in [2.24, 2.45) is 0 Å². The second-order valence-corrected chi connectivity index (χ2v) is 8.70. The summed E-state index contributed by atoms with van der Waals surface area (Å²) in [6.45, 7) is 1.89. The van der Waals surface area contributed by atoms with Gasteiger partial charge >= 0.3 is 0 Å². The molecule has 0 saturated carbocycles. The number of furan rings is 1. The van der Waals surface area contributed by atoms with Gasteiger partial charge in [-0.3, -0.25) is 4.79 Å². The Balaban J connectivity index is 1.67. The zero-order valence-electron chi connectivity index (χ0n) is 13.9.